The molecule has 0 fully saturated rings. The van der Waals surface area contributed by atoms with Gasteiger partial charge in [-0.05, 0) is 49.8 Å². The van der Waals surface area contributed by atoms with Gasteiger partial charge in [0.15, 0.2) is 5.16 Å². The molecular formula is C23H25N3O2S2. The molecule has 7 heteroatoms. The first-order valence-corrected chi connectivity index (χ1v) is 12.0. The predicted molar refractivity (Wildman–Crippen MR) is 126 cm³/mol. The molecule has 1 aromatic carbocycles. The maximum absolute atomic E-state index is 13.3. The van der Waals surface area contributed by atoms with E-state index in [9.17, 15) is 9.59 Å². The number of rotatable bonds is 6. The third-order valence-electron chi connectivity index (χ3n) is 5.35. The van der Waals surface area contributed by atoms with Crippen molar-refractivity contribution in [2.45, 2.75) is 50.7 Å². The van der Waals surface area contributed by atoms with E-state index in [0.717, 1.165) is 40.7 Å². The van der Waals surface area contributed by atoms with Crippen LogP contribution in [0.1, 0.15) is 35.3 Å². The van der Waals surface area contributed by atoms with E-state index in [1.165, 1.54) is 35.0 Å². The van der Waals surface area contributed by atoms with E-state index in [4.69, 9.17) is 4.98 Å². The zero-order chi connectivity index (χ0) is 21.1. The first-order valence-electron chi connectivity index (χ1n) is 10.2. The van der Waals surface area contributed by atoms with Gasteiger partial charge in [0.05, 0.1) is 11.1 Å². The number of allylic oxidation sites excluding steroid dienone is 1. The number of para-hydroxylation sites is 1. The van der Waals surface area contributed by atoms with Gasteiger partial charge in [0.25, 0.3) is 5.56 Å². The number of aromatic nitrogens is 2. The maximum atomic E-state index is 13.3. The van der Waals surface area contributed by atoms with Gasteiger partial charge in [-0.15, -0.1) is 17.9 Å². The highest BCUT2D eigenvalue weighted by Gasteiger charge is 2.21. The van der Waals surface area contributed by atoms with E-state index in [-0.39, 0.29) is 17.2 Å². The van der Waals surface area contributed by atoms with Crippen molar-refractivity contribution in [3.05, 3.63) is 63.3 Å². The van der Waals surface area contributed by atoms with Gasteiger partial charge < -0.3 is 5.32 Å². The molecule has 1 aliphatic carbocycles. The Labute approximate surface area is 184 Å². The number of nitrogens with zero attached hydrogens (tertiary/aromatic N) is 2. The Hall–Kier alpha value is -2.38. The normalized spacial score (nSPS) is 13.6. The molecule has 0 saturated carbocycles. The lowest BCUT2D eigenvalue weighted by Gasteiger charge is -2.11. The molecule has 0 saturated heterocycles. The summed E-state index contributed by atoms with van der Waals surface area (Å²) in [6.07, 6.45) is 7.18. The molecule has 0 aliphatic heterocycles. The van der Waals surface area contributed by atoms with E-state index in [2.05, 4.69) is 11.9 Å². The number of carbonyl (C=O) groups is 1. The molecule has 2 aromatic heterocycles. The van der Waals surface area contributed by atoms with Crippen molar-refractivity contribution < 1.29 is 4.79 Å². The molecule has 30 heavy (non-hydrogen) atoms. The summed E-state index contributed by atoms with van der Waals surface area (Å²) in [4.78, 5) is 32.7. The largest absolute Gasteiger partial charge is 0.325 e. The number of thiophene rings is 1. The van der Waals surface area contributed by atoms with E-state index in [1.54, 1.807) is 22.0 Å². The van der Waals surface area contributed by atoms with Crippen LogP contribution >= 0.6 is 23.1 Å². The summed E-state index contributed by atoms with van der Waals surface area (Å²) < 4.78 is 1.65. The molecule has 0 radical (unpaired) electrons. The summed E-state index contributed by atoms with van der Waals surface area (Å²) in [6.45, 7) is 6.14. The fourth-order valence-corrected chi connectivity index (χ4v) is 5.94. The molecule has 1 aliphatic rings. The SMILES string of the molecule is C=CCn1c(SCC(=O)Nc2ccccc2C)nc2sc3c(c2c1=O)CCCCC3. The summed E-state index contributed by atoms with van der Waals surface area (Å²) in [6, 6.07) is 7.68. The minimum atomic E-state index is -0.115. The fraction of sp³-hybridized carbons (Fsp3) is 0.348. The topological polar surface area (TPSA) is 64.0 Å². The van der Waals surface area contributed by atoms with Crippen molar-refractivity contribution >= 4 is 44.9 Å². The quantitative estimate of drug-likeness (QED) is 0.255. The van der Waals surface area contributed by atoms with Crippen LogP contribution in [0.3, 0.4) is 0 Å². The van der Waals surface area contributed by atoms with Gasteiger partial charge in [0, 0.05) is 17.1 Å². The molecular weight excluding hydrogens is 414 g/mol. The third kappa shape index (κ3) is 4.23. The summed E-state index contributed by atoms with van der Waals surface area (Å²) in [5.74, 6) is 0.0740. The van der Waals surface area contributed by atoms with Gasteiger partial charge in [-0.2, -0.15) is 0 Å². The second kappa shape index (κ2) is 9.18. The van der Waals surface area contributed by atoms with Crippen LogP contribution in [-0.4, -0.2) is 21.2 Å². The average molecular weight is 440 g/mol. The third-order valence-corrected chi connectivity index (χ3v) is 7.52. The summed E-state index contributed by atoms with van der Waals surface area (Å²) in [5, 5.41) is 4.28. The zero-order valence-electron chi connectivity index (χ0n) is 17.1. The van der Waals surface area contributed by atoms with E-state index in [0.29, 0.717) is 11.7 Å². The summed E-state index contributed by atoms with van der Waals surface area (Å²) >= 11 is 2.94. The standard InChI is InChI=1S/C23H25N3O2S2/c1-3-13-26-22(28)20-16-10-5-4-6-12-18(16)30-21(20)25-23(26)29-14-19(27)24-17-11-8-7-9-15(17)2/h3,7-9,11H,1,4-6,10,12-14H2,2H3,(H,24,27). The number of fused-ring (bicyclic) bond motifs is 3. The van der Waals surface area contributed by atoms with E-state index in [1.807, 2.05) is 31.2 Å². The lowest BCUT2D eigenvalue weighted by atomic mass is 10.1. The number of thioether (sulfide) groups is 1. The van der Waals surface area contributed by atoms with Crippen molar-refractivity contribution in [2.24, 2.45) is 0 Å². The first kappa shape index (κ1) is 20.9. The van der Waals surface area contributed by atoms with Crippen molar-refractivity contribution in [1.29, 1.82) is 0 Å². The molecule has 0 spiro atoms. The summed E-state index contributed by atoms with van der Waals surface area (Å²) in [7, 11) is 0. The molecule has 4 rings (SSSR count). The van der Waals surface area contributed by atoms with E-state index >= 15 is 0 Å². The molecule has 2 heterocycles. The van der Waals surface area contributed by atoms with E-state index < -0.39 is 0 Å². The van der Waals surface area contributed by atoms with Crippen LogP contribution in [0.5, 0.6) is 0 Å². The van der Waals surface area contributed by atoms with Gasteiger partial charge in [0.1, 0.15) is 4.83 Å². The fourth-order valence-electron chi connectivity index (χ4n) is 3.83. The maximum Gasteiger partial charge on any atom is 0.263 e. The molecule has 0 atom stereocenters. The predicted octanol–water partition coefficient (Wildman–Crippen LogP) is 4.95. The van der Waals surface area contributed by atoms with Crippen LogP contribution in [0.4, 0.5) is 5.69 Å². The Kier molecular flexibility index (Phi) is 6.39. The second-order valence-corrected chi connectivity index (χ2v) is 9.52. The highest BCUT2D eigenvalue weighted by molar-refractivity contribution is 7.99. The van der Waals surface area contributed by atoms with Crippen molar-refractivity contribution in [3.8, 4) is 0 Å². The van der Waals surface area contributed by atoms with Crippen molar-refractivity contribution in [1.82, 2.24) is 9.55 Å². The highest BCUT2D eigenvalue weighted by Crippen LogP contribution is 2.34. The van der Waals surface area contributed by atoms with Crippen LogP contribution < -0.4 is 10.9 Å². The van der Waals surface area contributed by atoms with Crippen molar-refractivity contribution in [3.63, 3.8) is 0 Å². The number of hydrogen-bond acceptors (Lipinski definition) is 5. The molecule has 1 N–H and O–H groups in total. The number of carbonyl (C=O) groups excluding carboxylic acids is 1. The Bertz CT molecular complexity index is 1160. The van der Waals surface area contributed by atoms with Gasteiger partial charge in [-0.1, -0.05) is 42.5 Å². The Balaban J connectivity index is 1.62. The second-order valence-electron chi connectivity index (χ2n) is 7.50. The van der Waals surface area contributed by atoms with Crippen LogP contribution in [0, 0.1) is 6.92 Å². The number of anilines is 1. The lowest BCUT2D eigenvalue weighted by Crippen LogP contribution is -2.24. The number of nitrogens with one attached hydrogen (secondary N) is 1. The average Bonchev–Trinajstić information content (AvgIpc) is 2.92. The summed E-state index contributed by atoms with van der Waals surface area (Å²) in [5.41, 5.74) is 2.99. The van der Waals surface area contributed by atoms with Crippen LogP contribution in [0.25, 0.3) is 10.2 Å². The van der Waals surface area contributed by atoms with Crippen LogP contribution in [0.2, 0.25) is 0 Å². The molecule has 0 unspecified atom stereocenters. The van der Waals surface area contributed by atoms with Gasteiger partial charge >= 0.3 is 0 Å². The minimum absolute atomic E-state index is 0.0129. The Morgan fingerprint density at radius 2 is 2.10 bits per heavy atom. The molecule has 0 bridgehead atoms. The van der Waals surface area contributed by atoms with Gasteiger partial charge in [-0.25, -0.2) is 4.98 Å². The highest BCUT2D eigenvalue weighted by atomic mass is 32.2. The number of aryl methyl sites for hydroxylation is 3. The van der Waals surface area contributed by atoms with Crippen molar-refractivity contribution in [2.75, 3.05) is 11.1 Å². The molecule has 1 amide bonds. The molecule has 3 aromatic rings. The van der Waals surface area contributed by atoms with Crippen LogP contribution in [-0.2, 0) is 24.2 Å². The molecule has 5 nitrogen and oxygen atoms in total. The number of amides is 1. The number of hydrogen-bond donors (Lipinski definition) is 1. The monoisotopic (exact) mass is 439 g/mol. The minimum Gasteiger partial charge on any atom is -0.325 e. The Morgan fingerprint density at radius 1 is 1.30 bits per heavy atom. The lowest BCUT2D eigenvalue weighted by molar-refractivity contribution is -0.113. The first-order chi connectivity index (χ1) is 14.6. The number of benzene rings is 1. The van der Waals surface area contributed by atoms with Gasteiger partial charge in [0.2, 0.25) is 5.91 Å². The smallest absolute Gasteiger partial charge is 0.263 e. The van der Waals surface area contributed by atoms with Crippen LogP contribution in [0.15, 0.2) is 46.9 Å². The molecule has 156 valence electrons. The Morgan fingerprint density at radius 3 is 2.90 bits per heavy atom. The van der Waals surface area contributed by atoms with Gasteiger partial charge in [-0.3, -0.25) is 14.2 Å². The zero-order valence-corrected chi connectivity index (χ0v) is 18.7.